The predicted molar refractivity (Wildman–Crippen MR) is 59.5 cm³/mol. The van der Waals surface area contributed by atoms with Gasteiger partial charge in [-0.15, -0.1) is 0 Å². The summed E-state index contributed by atoms with van der Waals surface area (Å²) >= 11 is 0. The number of carbonyl (C=O) groups is 1. The lowest BCUT2D eigenvalue weighted by Crippen LogP contribution is -2.51. The van der Waals surface area contributed by atoms with Crippen molar-refractivity contribution in [1.29, 1.82) is 0 Å². The SMILES string of the molecule is O=C(O)C1CN(CCOc2ccccc2F)C1. The number of nitrogens with zero attached hydrogens (tertiary/aromatic N) is 1. The highest BCUT2D eigenvalue weighted by Gasteiger charge is 2.31. The number of ether oxygens (including phenoxy) is 1. The maximum atomic E-state index is 13.2. The van der Waals surface area contributed by atoms with Crippen molar-refractivity contribution in [2.24, 2.45) is 5.92 Å². The van der Waals surface area contributed by atoms with E-state index < -0.39 is 5.97 Å². The Morgan fingerprint density at radius 3 is 2.82 bits per heavy atom. The Bertz CT molecular complexity index is 404. The predicted octanol–water partition coefficient (Wildman–Crippen LogP) is 1.22. The summed E-state index contributed by atoms with van der Waals surface area (Å²) < 4.78 is 18.4. The van der Waals surface area contributed by atoms with Crippen molar-refractivity contribution in [3.8, 4) is 5.75 Å². The minimum atomic E-state index is -0.753. The van der Waals surface area contributed by atoms with Crippen LogP contribution in [0.25, 0.3) is 0 Å². The van der Waals surface area contributed by atoms with Gasteiger partial charge in [0.05, 0.1) is 5.92 Å². The molecule has 5 heteroatoms. The summed E-state index contributed by atoms with van der Waals surface area (Å²) in [4.78, 5) is 12.5. The Morgan fingerprint density at radius 1 is 1.47 bits per heavy atom. The number of carboxylic acids is 1. The Morgan fingerprint density at radius 2 is 2.18 bits per heavy atom. The third-order valence-corrected chi connectivity index (χ3v) is 2.81. The van der Waals surface area contributed by atoms with Crippen LogP contribution in [0.4, 0.5) is 4.39 Å². The van der Waals surface area contributed by atoms with Crippen LogP contribution in [-0.4, -0.2) is 42.2 Å². The summed E-state index contributed by atoms with van der Waals surface area (Å²) in [6.07, 6.45) is 0. The second-order valence-electron chi connectivity index (χ2n) is 4.07. The summed E-state index contributed by atoms with van der Waals surface area (Å²) in [5.41, 5.74) is 0. The molecule has 4 nitrogen and oxygen atoms in total. The van der Waals surface area contributed by atoms with Crippen molar-refractivity contribution >= 4 is 5.97 Å². The van der Waals surface area contributed by atoms with E-state index >= 15 is 0 Å². The minimum Gasteiger partial charge on any atom is -0.489 e. The number of likely N-dealkylation sites (tertiary alicyclic amines) is 1. The largest absolute Gasteiger partial charge is 0.489 e. The van der Waals surface area contributed by atoms with Crippen LogP contribution in [0.3, 0.4) is 0 Å². The standard InChI is InChI=1S/C12H14FNO3/c13-10-3-1-2-4-11(10)17-6-5-14-7-9(8-14)12(15)16/h1-4,9H,5-8H2,(H,15,16). The van der Waals surface area contributed by atoms with Crippen molar-refractivity contribution in [3.63, 3.8) is 0 Å². The van der Waals surface area contributed by atoms with E-state index in [1.54, 1.807) is 18.2 Å². The fourth-order valence-electron chi connectivity index (χ4n) is 1.76. The highest BCUT2D eigenvalue weighted by Crippen LogP contribution is 2.17. The first-order valence-electron chi connectivity index (χ1n) is 5.49. The molecule has 0 spiro atoms. The molecule has 1 aliphatic rings. The van der Waals surface area contributed by atoms with E-state index in [2.05, 4.69) is 0 Å². The molecule has 0 saturated carbocycles. The number of aliphatic carboxylic acids is 1. The van der Waals surface area contributed by atoms with E-state index in [9.17, 15) is 9.18 Å². The van der Waals surface area contributed by atoms with Gasteiger partial charge in [0.2, 0.25) is 0 Å². The average molecular weight is 239 g/mol. The molecule has 1 N–H and O–H groups in total. The van der Waals surface area contributed by atoms with Gasteiger partial charge >= 0.3 is 5.97 Å². The first-order chi connectivity index (χ1) is 8.16. The Balaban J connectivity index is 1.68. The first-order valence-corrected chi connectivity index (χ1v) is 5.49. The normalized spacial score (nSPS) is 16.5. The van der Waals surface area contributed by atoms with E-state index in [1.165, 1.54) is 6.07 Å². The highest BCUT2D eigenvalue weighted by molar-refractivity contribution is 5.71. The van der Waals surface area contributed by atoms with Gasteiger partial charge in [-0.05, 0) is 12.1 Å². The second kappa shape index (κ2) is 5.14. The fourth-order valence-corrected chi connectivity index (χ4v) is 1.76. The molecule has 1 aliphatic heterocycles. The summed E-state index contributed by atoms with van der Waals surface area (Å²) in [5, 5.41) is 8.68. The van der Waals surface area contributed by atoms with E-state index in [0.29, 0.717) is 26.2 Å². The molecule has 1 fully saturated rings. The van der Waals surface area contributed by atoms with Gasteiger partial charge in [0, 0.05) is 19.6 Å². The van der Waals surface area contributed by atoms with Crippen molar-refractivity contribution < 1.29 is 19.0 Å². The number of benzene rings is 1. The maximum absolute atomic E-state index is 13.2. The molecule has 92 valence electrons. The summed E-state index contributed by atoms with van der Waals surface area (Å²) in [5.74, 6) is -1.15. The molecule has 1 saturated heterocycles. The van der Waals surface area contributed by atoms with Crippen LogP contribution < -0.4 is 4.74 Å². The van der Waals surface area contributed by atoms with Crippen molar-refractivity contribution in [2.45, 2.75) is 0 Å². The van der Waals surface area contributed by atoms with E-state index in [0.717, 1.165) is 0 Å². The maximum Gasteiger partial charge on any atom is 0.309 e. The number of para-hydroxylation sites is 1. The lowest BCUT2D eigenvalue weighted by Gasteiger charge is -2.36. The molecular weight excluding hydrogens is 225 g/mol. The van der Waals surface area contributed by atoms with Crippen LogP contribution in [0, 0.1) is 11.7 Å². The van der Waals surface area contributed by atoms with Crippen molar-refractivity contribution in [3.05, 3.63) is 30.1 Å². The van der Waals surface area contributed by atoms with Crippen LogP contribution in [0.1, 0.15) is 0 Å². The average Bonchev–Trinajstić information content (AvgIpc) is 2.23. The van der Waals surface area contributed by atoms with E-state index in [-0.39, 0.29) is 17.5 Å². The van der Waals surface area contributed by atoms with Gasteiger partial charge in [-0.25, -0.2) is 4.39 Å². The Hall–Kier alpha value is -1.62. The first kappa shape index (κ1) is 11.9. The van der Waals surface area contributed by atoms with Gasteiger partial charge < -0.3 is 9.84 Å². The smallest absolute Gasteiger partial charge is 0.309 e. The molecule has 1 aromatic rings. The van der Waals surface area contributed by atoms with Crippen molar-refractivity contribution in [2.75, 3.05) is 26.2 Å². The third-order valence-electron chi connectivity index (χ3n) is 2.81. The van der Waals surface area contributed by atoms with Gasteiger partial charge in [0.15, 0.2) is 11.6 Å². The molecular formula is C12H14FNO3. The summed E-state index contributed by atoms with van der Waals surface area (Å²) in [6, 6.07) is 6.24. The zero-order valence-electron chi connectivity index (χ0n) is 9.30. The topological polar surface area (TPSA) is 49.8 Å². The lowest BCUT2D eigenvalue weighted by atomic mass is 10.0. The van der Waals surface area contributed by atoms with Crippen LogP contribution in [0.15, 0.2) is 24.3 Å². The number of halogens is 1. The second-order valence-corrected chi connectivity index (χ2v) is 4.07. The zero-order chi connectivity index (χ0) is 12.3. The van der Waals surface area contributed by atoms with Crippen LogP contribution in [-0.2, 0) is 4.79 Å². The highest BCUT2D eigenvalue weighted by atomic mass is 19.1. The molecule has 0 radical (unpaired) electrons. The van der Waals surface area contributed by atoms with Crippen LogP contribution in [0.5, 0.6) is 5.75 Å². The van der Waals surface area contributed by atoms with Gasteiger partial charge in [-0.1, -0.05) is 12.1 Å². The summed E-state index contributed by atoms with van der Waals surface area (Å²) in [6.45, 7) is 2.09. The molecule has 17 heavy (non-hydrogen) atoms. The molecule has 0 bridgehead atoms. The van der Waals surface area contributed by atoms with Gasteiger partial charge in [-0.3, -0.25) is 9.69 Å². The third kappa shape index (κ3) is 2.94. The van der Waals surface area contributed by atoms with E-state index in [1.807, 2.05) is 4.90 Å². The Kier molecular flexibility index (Phi) is 3.58. The molecule has 1 heterocycles. The molecule has 1 aromatic carbocycles. The fraction of sp³-hybridized carbons (Fsp3) is 0.417. The summed E-state index contributed by atoms with van der Waals surface area (Å²) in [7, 11) is 0. The molecule has 0 amide bonds. The van der Waals surface area contributed by atoms with E-state index in [4.69, 9.17) is 9.84 Å². The molecule has 0 atom stereocenters. The number of rotatable bonds is 5. The quantitative estimate of drug-likeness (QED) is 0.839. The monoisotopic (exact) mass is 239 g/mol. The molecule has 0 aromatic heterocycles. The molecule has 0 unspecified atom stereocenters. The van der Waals surface area contributed by atoms with Crippen LogP contribution in [0.2, 0.25) is 0 Å². The number of carboxylic acid groups (broad SMARTS) is 1. The number of hydrogen-bond donors (Lipinski definition) is 1. The van der Waals surface area contributed by atoms with Crippen molar-refractivity contribution in [1.82, 2.24) is 4.90 Å². The minimum absolute atomic E-state index is 0.239. The Labute approximate surface area is 98.6 Å². The van der Waals surface area contributed by atoms with Gasteiger partial charge in [0.25, 0.3) is 0 Å². The molecule has 2 rings (SSSR count). The molecule has 0 aliphatic carbocycles. The van der Waals surface area contributed by atoms with Crippen LogP contribution >= 0.6 is 0 Å². The zero-order valence-corrected chi connectivity index (χ0v) is 9.30. The lowest BCUT2D eigenvalue weighted by molar-refractivity contribution is -0.147. The number of hydrogen-bond acceptors (Lipinski definition) is 3. The van der Waals surface area contributed by atoms with Gasteiger partial charge in [-0.2, -0.15) is 0 Å². The van der Waals surface area contributed by atoms with Gasteiger partial charge in [0.1, 0.15) is 6.61 Å².